The molecule has 1 amide bonds. The number of anilines is 1. The first-order valence-corrected chi connectivity index (χ1v) is 6.34. The van der Waals surface area contributed by atoms with Gasteiger partial charge in [-0.1, -0.05) is 15.9 Å². The van der Waals surface area contributed by atoms with E-state index in [0.29, 0.717) is 12.3 Å². The molecule has 0 aromatic heterocycles. The summed E-state index contributed by atoms with van der Waals surface area (Å²) in [6.45, 7) is 0.417. The van der Waals surface area contributed by atoms with Crippen LogP contribution in [0, 0.1) is 0 Å². The molecule has 0 bridgehead atoms. The van der Waals surface area contributed by atoms with E-state index in [0.717, 1.165) is 20.9 Å². The molecule has 0 spiro atoms. The molecule has 1 aliphatic rings. The molecule has 1 saturated heterocycles. The van der Waals surface area contributed by atoms with Crippen LogP contribution in [0.2, 0.25) is 0 Å². The highest BCUT2D eigenvalue weighted by Crippen LogP contribution is 2.34. The molecule has 94 valence electrons. The maximum atomic E-state index is 11.1. The van der Waals surface area contributed by atoms with Crippen LogP contribution in [-0.2, 0) is 4.74 Å². The molecule has 4 nitrogen and oxygen atoms in total. The molecule has 1 aromatic rings. The maximum absolute atomic E-state index is 11.1. The Bertz CT molecular complexity index is 443. The van der Waals surface area contributed by atoms with E-state index in [-0.39, 0.29) is 18.4 Å². The molecule has 0 aliphatic carbocycles. The number of alkyl carbamates (subject to hydrolysis) is 1. The summed E-state index contributed by atoms with van der Waals surface area (Å²) >= 11 is 6.78. The summed E-state index contributed by atoms with van der Waals surface area (Å²) < 4.78 is 6.55. The van der Waals surface area contributed by atoms with Crippen LogP contribution in [0.5, 0.6) is 0 Å². The number of carbonyl (C=O) groups is 1. The Morgan fingerprint density at radius 2 is 2.12 bits per heavy atom. The monoisotopic (exact) mass is 384 g/mol. The van der Waals surface area contributed by atoms with Crippen molar-refractivity contribution >= 4 is 56.0 Å². The van der Waals surface area contributed by atoms with Crippen LogP contribution in [0.4, 0.5) is 10.5 Å². The Morgan fingerprint density at radius 1 is 1.41 bits per heavy atom. The zero-order valence-electron chi connectivity index (χ0n) is 8.70. The van der Waals surface area contributed by atoms with Crippen LogP contribution in [0.3, 0.4) is 0 Å². The summed E-state index contributed by atoms with van der Waals surface area (Å²) in [4.78, 5) is 11.1. The lowest BCUT2D eigenvalue weighted by Gasteiger charge is -2.25. The summed E-state index contributed by atoms with van der Waals surface area (Å²) in [7, 11) is 0. The number of nitrogens with two attached hydrogens (primary N) is 1. The summed E-state index contributed by atoms with van der Waals surface area (Å²) in [6, 6.07) is 3.70. The van der Waals surface area contributed by atoms with Gasteiger partial charge in [0.15, 0.2) is 0 Å². The highest BCUT2D eigenvalue weighted by atomic mass is 79.9. The predicted octanol–water partition coefficient (Wildman–Crippen LogP) is 3.39. The third-order valence-electron chi connectivity index (χ3n) is 2.43. The van der Waals surface area contributed by atoms with Crippen molar-refractivity contribution in [2.75, 3.05) is 12.3 Å². The number of nitrogens with one attached hydrogen (secondary N) is 1. The highest BCUT2D eigenvalue weighted by molar-refractivity contribution is 9.11. The molecule has 7 heteroatoms. The van der Waals surface area contributed by atoms with Gasteiger partial charge in [0, 0.05) is 15.4 Å². The smallest absolute Gasteiger partial charge is 0.407 e. The third-order valence-corrected chi connectivity index (χ3v) is 3.55. The molecule has 1 heterocycles. The number of nitrogen functional groups attached to an aromatic ring is 1. The lowest BCUT2D eigenvalue weighted by Crippen LogP contribution is -2.35. The number of benzene rings is 1. The first-order valence-electron chi connectivity index (χ1n) is 4.75. The van der Waals surface area contributed by atoms with E-state index in [1.54, 1.807) is 0 Å². The first kappa shape index (κ1) is 14.6. The number of ether oxygens (including phenoxy) is 1. The van der Waals surface area contributed by atoms with Gasteiger partial charge in [-0.05, 0) is 33.6 Å². The summed E-state index contributed by atoms with van der Waals surface area (Å²) in [6.07, 6.45) is 0.325. The molecule has 1 aliphatic heterocycles. The second kappa shape index (κ2) is 5.93. The minimum atomic E-state index is -0.397. The van der Waals surface area contributed by atoms with Gasteiger partial charge in [-0.3, -0.25) is 0 Å². The van der Waals surface area contributed by atoms with E-state index in [9.17, 15) is 4.79 Å². The minimum absolute atomic E-state index is 0. The number of rotatable bonds is 1. The first-order chi connectivity index (χ1) is 7.58. The van der Waals surface area contributed by atoms with E-state index in [1.807, 2.05) is 12.1 Å². The molecule has 3 N–H and O–H groups in total. The van der Waals surface area contributed by atoms with E-state index in [2.05, 4.69) is 37.2 Å². The molecule has 17 heavy (non-hydrogen) atoms. The molecule has 1 fully saturated rings. The third kappa shape index (κ3) is 3.26. The van der Waals surface area contributed by atoms with Crippen LogP contribution < -0.4 is 11.1 Å². The van der Waals surface area contributed by atoms with Crippen molar-refractivity contribution in [3.63, 3.8) is 0 Å². The van der Waals surface area contributed by atoms with Gasteiger partial charge in [0.2, 0.25) is 0 Å². The molecule has 1 aromatic carbocycles. The Labute approximate surface area is 122 Å². The van der Waals surface area contributed by atoms with Crippen LogP contribution in [0.25, 0.3) is 0 Å². The van der Waals surface area contributed by atoms with Gasteiger partial charge in [0.05, 0.1) is 18.3 Å². The predicted molar refractivity (Wildman–Crippen MR) is 75.3 cm³/mol. The number of cyclic esters (lactones) is 1. The Hall–Kier alpha value is -0.460. The zero-order chi connectivity index (χ0) is 11.7. The van der Waals surface area contributed by atoms with Crippen molar-refractivity contribution in [3.8, 4) is 0 Å². The molecule has 1 atom stereocenters. The largest absolute Gasteiger partial charge is 0.449 e. The van der Waals surface area contributed by atoms with Crippen LogP contribution in [-0.4, -0.2) is 12.7 Å². The average Bonchev–Trinajstić information content (AvgIpc) is 2.23. The van der Waals surface area contributed by atoms with Crippen molar-refractivity contribution < 1.29 is 9.53 Å². The molecule has 0 unspecified atom stereocenters. The molecule has 0 saturated carbocycles. The Morgan fingerprint density at radius 3 is 2.76 bits per heavy atom. The summed E-state index contributed by atoms with van der Waals surface area (Å²) in [5.74, 6) is 0. The number of halogens is 3. The zero-order valence-corrected chi connectivity index (χ0v) is 12.7. The quantitative estimate of drug-likeness (QED) is 0.727. The van der Waals surface area contributed by atoms with Crippen molar-refractivity contribution in [1.82, 2.24) is 5.32 Å². The van der Waals surface area contributed by atoms with Crippen molar-refractivity contribution in [3.05, 3.63) is 26.6 Å². The molecule has 2 rings (SSSR count). The van der Waals surface area contributed by atoms with Gasteiger partial charge in [-0.2, -0.15) is 0 Å². The fourth-order valence-corrected chi connectivity index (χ4v) is 2.91. The SMILES string of the molecule is Cl.Nc1c(Br)cc(Br)cc1[C@H]1CCOC(=O)N1. The topological polar surface area (TPSA) is 64.3 Å². The van der Waals surface area contributed by atoms with Gasteiger partial charge in [0.25, 0.3) is 0 Å². The van der Waals surface area contributed by atoms with Crippen LogP contribution in [0.15, 0.2) is 21.1 Å². The lowest BCUT2D eigenvalue weighted by molar-refractivity contribution is 0.115. The lowest BCUT2D eigenvalue weighted by atomic mass is 10.0. The molecule has 0 radical (unpaired) electrons. The van der Waals surface area contributed by atoms with Gasteiger partial charge in [-0.15, -0.1) is 12.4 Å². The summed E-state index contributed by atoms with van der Waals surface area (Å²) in [5.41, 5.74) is 7.52. The van der Waals surface area contributed by atoms with Crippen molar-refractivity contribution in [2.24, 2.45) is 0 Å². The maximum Gasteiger partial charge on any atom is 0.407 e. The van der Waals surface area contributed by atoms with Crippen LogP contribution in [0.1, 0.15) is 18.0 Å². The fraction of sp³-hybridized carbons (Fsp3) is 0.300. The van der Waals surface area contributed by atoms with Crippen LogP contribution >= 0.6 is 44.3 Å². The fourth-order valence-electron chi connectivity index (χ4n) is 1.65. The number of hydrogen-bond acceptors (Lipinski definition) is 3. The van der Waals surface area contributed by atoms with Crippen molar-refractivity contribution in [2.45, 2.75) is 12.5 Å². The minimum Gasteiger partial charge on any atom is -0.449 e. The molecular weight excluding hydrogens is 375 g/mol. The summed E-state index contributed by atoms with van der Waals surface area (Å²) in [5, 5.41) is 2.75. The average molecular weight is 386 g/mol. The van der Waals surface area contributed by atoms with E-state index in [4.69, 9.17) is 10.5 Å². The van der Waals surface area contributed by atoms with E-state index >= 15 is 0 Å². The van der Waals surface area contributed by atoms with E-state index < -0.39 is 6.09 Å². The number of amides is 1. The highest BCUT2D eigenvalue weighted by Gasteiger charge is 2.23. The number of carbonyl (C=O) groups excluding carboxylic acids is 1. The Balaban J connectivity index is 0.00000144. The second-order valence-electron chi connectivity index (χ2n) is 3.51. The molecular formula is C10H11Br2ClN2O2. The second-order valence-corrected chi connectivity index (χ2v) is 5.28. The van der Waals surface area contributed by atoms with E-state index in [1.165, 1.54) is 0 Å². The number of hydrogen-bond donors (Lipinski definition) is 2. The van der Waals surface area contributed by atoms with Gasteiger partial charge in [-0.25, -0.2) is 4.79 Å². The van der Waals surface area contributed by atoms with Crippen molar-refractivity contribution in [1.29, 1.82) is 0 Å². The normalized spacial score (nSPS) is 18.9. The van der Waals surface area contributed by atoms with Gasteiger partial charge < -0.3 is 15.8 Å². The van der Waals surface area contributed by atoms with Gasteiger partial charge in [0.1, 0.15) is 0 Å². The Kier molecular flexibility index (Phi) is 5.09. The standard InChI is InChI=1S/C10H10Br2N2O2.ClH/c11-5-3-6(9(13)7(12)4-5)8-1-2-16-10(15)14-8;/h3-4,8H,1-2,13H2,(H,14,15);1H/t8-;/m1./s1. The van der Waals surface area contributed by atoms with Gasteiger partial charge >= 0.3 is 6.09 Å².